The Hall–Kier alpha value is -2.17. The van der Waals surface area contributed by atoms with E-state index in [1.165, 1.54) is 30.4 Å². The van der Waals surface area contributed by atoms with E-state index in [0.717, 1.165) is 30.8 Å². The van der Waals surface area contributed by atoms with E-state index in [1.807, 2.05) is 6.92 Å². The summed E-state index contributed by atoms with van der Waals surface area (Å²) in [5.74, 6) is 1.98. The van der Waals surface area contributed by atoms with Crippen molar-refractivity contribution in [3.8, 4) is 0 Å². The topological polar surface area (TPSA) is 62.7 Å². The number of unbranched alkanes of at least 4 members (excludes halogenated alkanes) is 2. The molecule has 5 heteroatoms. The van der Waals surface area contributed by atoms with E-state index in [2.05, 4.69) is 71.5 Å². The maximum atomic E-state index is 4.60. The van der Waals surface area contributed by atoms with Crippen LogP contribution in [0.15, 0.2) is 18.2 Å². The molecule has 0 radical (unpaired) electrons. The van der Waals surface area contributed by atoms with Gasteiger partial charge >= 0.3 is 0 Å². The SMILES string of the molecule is CCCCCC(C)Nc1nc(C)nc(Nc2c(CC)cccc2CC)n1. The summed E-state index contributed by atoms with van der Waals surface area (Å²) in [6, 6.07) is 6.78. The summed E-state index contributed by atoms with van der Waals surface area (Å²) >= 11 is 0. The molecule has 1 atom stereocenters. The van der Waals surface area contributed by atoms with E-state index in [1.54, 1.807) is 0 Å². The summed E-state index contributed by atoms with van der Waals surface area (Å²) in [6.45, 7) is 10.7. The molecule has 5 nitrogen and oxygen atoms in total. The molecule has 0 aliphatic rings. The van der Waals surface area contributed by atoms with E-state index in [4.69, 9.17) is 0 Å². The molecule has 0 fully saturated rings. The quantitative estimate of drug-likeness (QED) is 0.556. The molecular formula is C21H33N5. The lowest BCUT2D eigenvalue weighted by molar-refractivity contribution is 0.611. The zero-order chi connectivity index (χ0) is 18.9. The number of para-hydroxylation sites is 1. The number of nitrogens with one attached hydrogen (secondary N) is 2. The first kappa shape index (κ1) is 20.1. The number of benzene rings is 1. The van der Waals surface area contributed by atoms with Crippen molar-refractivity contribution in [3.05, 3.63) is 35.2 Å². The van der Waals surface area contributed by atoms with Crippen molar-refractivity contribution in [2.75, 3.05) is 10.6 Å². The van der Waals surface area contributed by atoms with E-state index in [9.17, 15) is 0 Å². The number of aromatic nitrogens is 3. The highest BCUT2D eigenvalue weighted by Gasteiger charge is 2.11. The van der Waals surface area contributed by atoms with Gasteiger partial charge in [0.25, 0.3) is 0 Å². The van der Waals surface area contributed by atoms with E-state index < -0.39 is 0 Å². The van der Waals surface area contributed by atoms with Crippen LogP contribution >= 0.6 is 0 Å². The third-order valence-corrected chi connectivity index (χ3v) is 4.60. The first-order valence-electron chi connectivity index (χ1n) is 9.94. The minimum absolute atomic E-state index is 0.352. The highest BCUT2D eigenvalue weighted by Crippen LogP contribution is 2.25. The third-order valence-electron chi connectivity index (χ3n) is 4.60. The minimum atomic E-state index is 0.352. The van der Waals surface area contributed by atoms with Gasteiger partial charge in [-0.25, -0.2) is 0 Å². The van der Waals surface area contributed by atoms with E-state index in [-0.39, 0.29) is 0 Å². The number of anilines is 3. The van der Waals surface area contributed by atoms with Gasteiger partial charge in [-0.05, 0) is 44.2 Å². The number of rotatable bonds is 10. The van der Waals surface area contributed by atoms with Crippen molar-refractivity contribution in [1.82, 2.24) is 15.0 Å². The Labute approximate surface area is 158 Å². The standard InChI is InChI=1S/C21H33N5/c1-6-9-10-12-15(4)22-20-23-16(5)24-21(26-20)25-19-17(7-2)13-11-14-18(19)8-3/h11,13-15H,6-10,12H2,1-5H3,(H2,22,23,24,25,26). The van der Waals surface area contributed by atoms with Gasteiger partial charge in [0.1, 0.15) is 5.82 Å². The number of nitrogens with zero attached hydrogens (tertiary/aromatic N) is 3. The molecule has 0 aliphatic heterocycles. The largest absolute Gasteiger partial charge is 0.352 e. The number of hydrogen-bond acceptors (Lipinski definition) is 5. The molecule has 2 rings (SSSR count). The van der Waals surface area contributed by atoms with Gasteiger partial charge in [0.2, 0.25) is 11.9 Å². The molecule has 0 saturated carbocycles. The molecule has 1 aromatic heterocycles. The summed E-state index contributed by atoms with van der Waals surface area (Å²) in [5.41, 5.74) is 3.69. The van der Waals surface area contributed by atoms with Gasteiger partial charge in [-0.15, -0.1) is 0 Å². The molecular weight excluding hydrogens is 322 g/mol. The summed E-state index contributed by atoms with van der Waals surface area (Å²) < 4.78 is 0. The summed E-state index contributed by atoms with van der Waals surface area (Å²) in [6.07, 6.45) is 6.80. The second-order valence-electron chi connectivity index (χ2n) is 6.85. The van der Waals surface area contributed by atoms with Crippen molar-refractivity contribution >= 4 is 17.6 Å². The molecule has 0 amide bonds. The van der Waals surface area contributed by atoms with Gasteiger partial charge in [0.15, 0.2) is 0 Å². The van der Waals surface area contributed by atoms with Gasteiger partial charge < -0.3 is 10.6 Å². The van der Waals surface area contributed by atoms with Crippen molar-refractivity contribution in [2.24, 2.45) is 0 Å². The lowest BCUT2D eigenvalue weighted by Gasteiger charge is -2.17. The van der Waals surface area contributed by atoms with Crippen LogP contribution < -0.4 is 10.6 Å². The predicted octanol–water partition coefficient (Wildman–Crippen LogP) is 5.43. The zero-order valence-corrected chi connectivity index (χ0v) is 16.9. The Morgan fingerprint density at radius 1 is 0.923 bits per heavy atom. The summed E-state index contributed by atoms with van der Waals surface area (Å²) in [4.78, 5) is 13.5. The Morgan fingerprint density at radius 2 is 1.58 bits per heavy atom. The predicted molar refractivity (Wildman–Crippen MR) is 110 cm³/mol. The molecule has 0 spiro atoms. The van der Waals surface area contributed by atoms with Crippen molar-refractivity contribution in [2.45, 2.75) is 79.2 Å². The first-order valence-corrected chi connectivity index (χ1v) is 9.94. The van der Waals surface area contributed by atoms with Gasteiger partial charge in [0.05, 0.1) is 0 Å². The van der Waals surface area contributed by atoms with Crippen molar-refractivity contribution in [1.29, 1.82) is 0 Å². The summed E-state index contributed by atoms with van der Waals surface area (Å²) in [5, 5.41) is 6.87. The second kappa shape index (κ2) is 10.1. The van der Waals surface area contributed by atoms with E-state index >= 15 is 0 Å². The lowest BCUT2D eigenvalue weighted by atomic mass is 10.0. The molecule has 2 N–H and O–H groups in total. The number of aryl methyl sites for hydroxylation is 3. The zero-order valence-electron chi connectivity index (χ0n) is 16.9. The van der Waals surface area contributed by atoms with Crippen LogP contribution in [0.25, 0.3) is 0 Å². The molecule has 1 heterocycles. The Kier molecular flexibility index (Phi) is 7.82. The summed E-state index contributed by atoms with van der Waals surface area (Å²) in [7, 11) is 0. The molecule has 142 valence electrons. The fourth-order valence-electron chi connectivity index (χ4n) is 3.11. The second-order valence-corrected chi connectivity index (χ2v) is 6.85. The third kappa shape index (κ3) is 5.68. The molecule has 26 heavy (non-hydrogen) atoms. The Bertz CT molecular complexity index is 677. The monoisotopic (exact) mass is 355 g/mol. The molecule has 0 aliphatic carbocycles. The van der Waals surface area contributed by atoms with Crippen LogP contribution in [0.1, 0.15) is 70.3 Å². The van der Waals surface area contributed by atoms with Crippen molar-refractivity contribution in [3.63, 3.8) is 0 Å². The van der Waals surface area contributed by atoms with Crippen LogP contribution in [0, 0.1) is 6.92 Å². The van der Waals surface area contributed by atoms with Crippen LogP contribution in [0.5, 0.6) is 0 Å². The van der Waals surface area contributed by atoms with Gasteiger partial charge in [-0.2, -0.15) is 15.0 Å². The maximum absolute atomic E-state index is 4.60. The highest BCUT2D eigenvalue weighted by molar-refractivity contribution is 5.64. The van der Waals surface area contributed by atoms with Gasteiger partial charge in [-0.1, -0.05) is 58.2 Å². The smallest absolute Gasteiger partial charge is 0.232 e. The van der Waals surface area contributed by atoms with Gasteiger partial charge in [-0.3, -0.25) is 0 Å². The molecule has 2 aromatic rings. The molecule has 0 bridgehead atoms. The first-order chi connectivity index (χ1) is 12.6. The Balaban J connectivity index is 2.17. The van der Waals surface area contributed by atoms with Crippen LogP contribution in [0.2, 0.25) is 0 Å². The Morgan fingerprint density at radius 3 is 2.19 bits per heavy atom. The lowest BCUT2D eigenvalue weighted by Crippen LogP contribution is -2.18. The molecule has 1 unspecified atom stereocenters. The van der Waals surface area contributed by atoms with Crippen LogP contribution in [0.3, 0.4) is 0 Å². The molecule has 0 saturated heterocycles. The van der Waals surface area contributed by atoms with E-state index in [0.29, 0.717) is 17.9 Å². The number of hydrogen-bond donors (Lipinski definition) is 2. The van der Waals surface area contributed by atoms with Crippen molar-refractivity contribution < 1.29 is 0 Å². The minimum Gasteiger partial charge on any atom is -0.352 e. The average Bonchev–Trinajstić information content (AvgIpc) is 2.61. The average molecular weight is 356 g/mol. The fraction of sp³-hybridized carbons (Fsp3) is 0.571. The fourth-order valence-corrected chi connectivity index (χ4v) is 3.11. The van der Waals surface area contributed by atoms with Crippen LogP contribution in [0.4, 0.5) is 17.6 Å². The molecule has 1 aromatic carbocycles. The van der Waals surface area contributed by atoms with Gasteiger partial charge in [0, 0.05) is 11.7 Å². The normalized spacial score (nSPS) is 12.0. The highest BCUT2D eigenvalue weighted by atomic mass is 15.2. The van der Waals surface area contributed by atoms with Crippen LogP contribution in [-0.4, -0.2) is 21.0 Å². The maximum Gasteiger partial charge on any atom is 0.232 e. The van der Waals surface area contributed by atoms with Crippen LogP contribution in [-0.2, 0) is 12.8 Å².